The molecule has 1 unspecified atom stereocenters. The van der Waals surface area contributed by atoms with Crippen molar-refractivity contribution in [1.82, 2.24) is 4.90 Å². The molecule has 0 bridgehead atoms. The summed E-state index contributed by atoms with van der Waals surface area (Å²) in [7, 11) is 0. The molecule has 0 radical (unpaired) electrons. The zero-order valence-corrected chi connectivity index (χ0v) is 11.2. The third-order valence-electron chi connectivity index (χ3n) is 3.62. The lowest BCUT2D eigenvalue weighted by molar-refractivity contribution is -0.116. The van der Waals surface area contributed by atoms with Crippen LogP contribution in [0.3, 0.4) is 0 Å². The van der Waals surface area contributed by atoms with E-state index in [1.807, 2.05) is 30.3 Å². The summed E-state index contributed by atoms with van der Waals surface area (Å²) in [6.45, 7) is 3.13. The molecular weight excluding hydrogens is 240 g/mol. The Morgan fingerprint density at radius 2 is 2.16 bits per heavy atom. The van der Waals surface area contributed by atoms with Gasteiger partial charge < -0.3 is 15.3 Å². The second-order valence-corrected chi connectivity index (χ2v) is 5.13. The van der Waals surface area contributed by atoms with Crippen LogP contribution in [0.2, 0.25) is 0 Å². The Labute approximate surface area is 114 Å². The summed E-state index contributed by atoms with van der Waals surface area (Å²) < 4.78 is 0. The van der Waals surface area contributed by atoms with Gasteiger partial charge in [0.2, 0.25) is 5.91 Å². The first kappa shape index (κ1) is 14.0. The predicted molar refractivity (Wildman–Crippen MR) is 75.9 cm³/mol. The van der Waals surface area contributed by atoms with Gasteiger partial charge in [-0.25, -0.2) is 0 Å². The number of hydrogen-bond acceptors (Lipinski definition) is 3. The minimum Gasteiger partial charge on any atom is -0.396 e. The first-order valence-corrected chi connectivity index (χ1v) is 6.96. The molecule has 1 aromatic carbocycles. The lowest BCUT2D eigenvalue weighted by atomic mass is 10.1. The minimum atomic E-state index is 0.0665. The van der Waals surface area contributed by atoms with Gasteiger partial charge in [0.15, 0.2) is 0 Å². The molecule has 104 valence electrons. The summed E-state index contributed by atoms with van der Waals surface area (Å²) in [6.07, 6.45) is 2.55. The van der Waals surface area contributed by atoms with Crippen molar-refractivity contribution in [2.24, 2.45) is 5.92 Å². The van der Waals surface area contributed by atoms with Gasteiger partial charge in [-0.3, -0.25) is 4.79 Å². The summed E-state index contributed by atoms with van der Waals surface area (Å²) in [5, 5.41) is 11.8. The van der Waals surface area contributed by atoms with Crippen LogP contribution in [0.1, 0.15) is 19.3 Å². The SMILES string of the molecule is O=C(CCN1CCC(CCO)C1)Nc1ccccc1. The van der Waals surface area contributed by atoms with E-state index < -0.39 is 0 Å². The Morgan fingerprint density at radius 3 is 2.89 bits per heavy atom. The van der Waals surface area contributed by atoms with Crippen molar-refractivity contribution in [1.29, 1.82) is 0 Å². The summed E-state index contributed by atoms with van der Waals surface area (Å²) in [5.41, 5.74) is 0.854. The van der Waals surface area contributed by atoms with Gasteiger partial charge in [-0.05, 0) is 37.4 Å². The number of carbonyl (C=O) groups excluding carboxylic acids is 1. The fourth-order valence-electron chi connectivity index (χ4n) is 2.54. The molecule has 1 aromatic rings. The number of nitrogens with one attached hydrogen (secondary N) is 1. The van der Waals surface area contributed by atoms with E-state index in [2.05, 4.69) is 10.2 Å². The molecule has 4 nitrogen and oxygen atoms in total. The smallest absolute Gasteiger partial charge is 0.225 e. The minimum absolute atomic E-state index is 0.0665. The molecular formula is C15H22N2O2. The highest BCUT2D eigenvalue weighted by atomic mass is 16.3. The summed E-state index contributed by atoms with van der Waals surface area (Å²) in [5.74, 6) is 0.666. The van der Waals surface area contributed by atoms with E-state index >= 15 is 0 Å². The zero-order chi connectivity index (χ0) is 13.5. The van der Waals surface area contributed by atoms with Crippen molar-refractivity contribution in [3.63, 3.8) is 0 Å². The monoisotopic (exact) mass is 262 g/mol. The fraction of sp³-hybridized carbons (Fsp3) is 0.533. The largest absolute Gasteiger partial charge is 0.396 e. The Hall–Kier alpha value is -1.39. The standard InChI is InChI=1S/C15H22N2O2/c18-11-8-13-6-9-17(12-13)10-7-15(19)16-14-4-2-1-3-5-14/h1-5,13,18H,6-12H2,(H,16,19). The van der Waals surface area contributed by atoms with E-state index in [-0.39, 0.29) is 12.5 Å². The van der Waals surface area contributed by atoms with Crippen LogP contribution in [-0.2, 0) is 4.79 Å². The van der Waals surface area contributed by atoms with Crippen LogP contribution >= 0.6 is 0 Å². The average molecular weight is 262 g/mol. The number of carbonyl (C=O) groups is 1. The van der Waals surface area contributed by atoms with Crippen LogP contribution in [0.15, 0.2) is 30.3 Å². The molecule has 19 heavy (non-hydrogen) atoms. The third kappa shape index (κ3) is 4.65. The maximum Gasteiger partial charge on any atom is 0.225 e. The summed E-state index contributed by atoms with van der Waals surface area (Å²) >= 11 is 0. The van der Waals surface area contributed by atoms with Crippen LogP contribution in [-0.4, -0.2) is 42.2 Å². The van der Waals surface area contributed by atoms with E-state index in [9.17, 15) is 4.79 Å². The van der Waals surface area contributed by atoms with Gasteiger partial charge in [0.25, 0.3) is 0 Å². The topological polar surface area (TPSA) is 52.6 Å². The highest BCUT2D eigenvalue weighted by Gasteiger charge is 2.21. The first-order chi connectivity index (χ1) is 9.28. The maximum atomic E-state index is 11.8. The Kier molecular flexibility index (Phi) is 5.36. The molecule has 1 heterocycles. The van der Waals surface area contributed by atoms with Gasteiger partial charge in [-0.15, -0.1) is 0 Å². The van der Waals surface area contributed by atoms with Crippen molar-refractivity contribution in [3.8, 4) is 0 Å². The van der Waals surface area contributed by atoms with Crippen LogP contribution in [0, 0.1) is 5.92 Å². The first-order valence-electron chi connectivity index (χ1n) is 6.96. The van der Waals surface area contributed by atoms with E-state index in [1.165, 1.54) is 0 Å². The normalized spacial score (nSPS) is 19.5. The predicted octanol–water partition coefficient (Wildman–Crippen LogP) is 1.72. The second-order valence-electron chi connectivity index (χ2n) is 5.13. The molecule has 1 atom stereocenters. The molecule has 0 spiro atoms. The molecule has 4 heteroatoms. The highest BCUT2D eigenvalue weighted by Crippen LogP contribution is 2.19. The van der Waals surface area contributed by atoms with E-state index in [0.717, 1.165) is 38.2 Å². The number of likely N-dealkylation sites (tertiary alicyclic amines) is 1. The van der Waals surface area contributed by atoms with Crippen LogP contribution in [0.25, 0.3) is 0 Å². The number of nitrogens with zero attached hydrogens (tertiary/aromatic N) is 1. The van der Waals surface area contributed by atoms with Crippen molar-refractivity contribution in [2.75, 3.05) is 31.6 Å². The quantitative estimate of drug-likeness (QED) is 0.820. The fourth-order valence-corrected chi connectivity index (χ4v) is 2.54. The number of anilines is 1. The van der Waals surface area contributed by atoms with Gasteiger partial charge in [0.1, 0.15) is 0 Å². The molecule has 1 aliphatic heterocycles. The number of amides is 1. The molecule has 1 amide bonds. The van der Waals surface area contributed by atoms with Gasteiger partial charge in [0, 0.05) is 31.8 Å². The van der Waals surface area contributed by atoms with Crippen molar-refractivity contribution >= 4 is 11.6 Å². The van der Waals surface area contributed by atoms with Crippen molar-refractivity contribution < 1.29 is 9.90 Å². The molecule has 0 saturated carbocycles. The third-order valence-corrected chi connectivity index (χ3v) is 3.62. The summed E-state index contributed by atoms with van der Waals surface area (Å²) in [4.78, 5) is 14.1. The van der Waals surface area contributed by atoms with E-state index in [4.69, 9.17) is 5.11 Å². The van der Waals surface area contributed by atoms with Crippen molar-refractivity contribution in [2.45, 2.75) is 19.3 Å². The molecule has 2 N–H and O–H groups in total. The zero-order valence-electron chi connectivity index (χ0n) is 11.2. The summed E-state index contributed by atoms with van der Waals surface area (Å²) in [6, 6.07) is 9.54. The van der Waals surface area contributed by atoms with Gasteiger partial charge in [-0.2, -0.15) is 0 Å². The van der Waals surface area contributed by atoms with E-state index in [1.54, 1.807) is 0 Å². The molecule has 1 saturated heterocycles. The molecule has 0 aliphatic carbocycles. The van der Waals surface area contributed by atoms with Gasteiger partial charge in [0.05, 0.1) is 0 Å². The van der Waals surface area contributed by atoms with Crippen LogP contribution in [0.5, 0.6) is 0 Å². The van der Waals surface area contributed by atoms with Crippen LogP contribution in [0.4, 0.5) is 5.69 Å². The number of benzene rings is 1. The maximum absolute atomic E-state index is 11.8. The Morgan fingerprint density at radius 1 is 1.37 bits per heavy atom. The van der Waals surface area contributed by atoms with Crippen molar-refractivity contribution in [3.05, 3.63) is 30.3 Å². The van der Waals surface area contributed by atoms with E-state index in [0.29, 0.717) is 12.3 Å². The van der Waals surface area contributed by atoms with Gasteiger partial charge >= 0.3 is 0 Å². The second kappa shape index (κ2) is 7.26. The number of hydrogen-bond donors (Lipinski definition) is 2. The van der Waals surface area contributed by atoms with Gasteiger partial charge in [-0.1, -0.05) is 18.2 Å². The molecule has 0 aromatic heterocycles. The molecule has 2 rings (SSSR count). The Bertz CT molecular complexity index is 394. The number of para-hydroxylation sites is 1. The highest BCUT2D eigenvalue weighted by molar-refractivity contribution is 5.90. The molecule has 1 fully saturated rings. The number of aliphatic hydroxyl groups excluding tert-OH is 1. The lowest BCUT2D eigenvalue weighted by Gasteiger charge is -2.15. The van der Waals surface area contributed by atoms with Crippen LogP contribution < -0.4 is 5.32 Å². The molecule has 1 aliphatic rings. The lowest BCUT2D eigenvalue weighted by Crippen LogP contribution is -2.26. The number of aliphatic hydroxyl groups is 1. The Balaban J connectivity index is 1.67. The number of rotatable bonds is 6. The average Bonchev–Trinajstić information content (AvgIpc) is 2.86.